The number of carboxylic acid groups (broad SMARTS) is 1. The summed E-state index contributed by atoms with van der Waals surface area (Å²) < 4.78 is 11.8. The molecule has 31 heavy (non-hydrogen) atoms. The number of rotatable bonds is 11. The second-order valence-corrected chi connectivity index (χ2v) is 8.05. The maximum Gasteiger partial charge on any atom is 0.308 e. The summed E-state index contributed by atoms with van der Waals surface area (Å²) in [4.78, 5) is 20.1. The number of carboxylic acids is 1. The Kier molecular flexibility index (Phi) is 8.27. The quantitative estimate of drug-likeness (QED) is 0.448. The predicted octanol–water partition coefficient (Wildman–Crippen LogP) is 1.08. The summed E-state index contributed by atoms with van der Waals surface area (Å²) in [5.74, 6) is 0.637. The highest BCUT2D eigenvalue weighted by atomic mass is 16.5. The molecule has 3 N–H and O–H groups in total. The lowest BCUT2D eigenvalue weighted by molar-refractivity contribution is -0.143. The van der Waals surface area contributed by atoms with Gasteiger partial charge in [-0.3, -0.25) is 9.79 Å². The first-order valence-corrected chi connectivity index (χ1v) is 10.7. The van der Waals surface area contributed by atoms with E-state index in [1.165, 1.54) is 6.21 Å². The van der Waals surface area contributed by atoms with E-state index in [0.717, 1.165) is 56.3 Å². The molecule has 1 aromatic carbocycles. The van der Waals surface area contributed by atoms with E-state index in [9.17, 15) is 9.90 Å². The van der Waals surface area contributed by atoms with E-state index in [1.54, 1.807) is 6.20 Å². The van der Waals surface area contributed by atoms with Crippen molar-refractivity contribution in [3.63, 3.8) is 0 Å². The van der Waals surface area contributed by atoms with Crippen molar-refractivity contribution in [3.05, 3.63) is 41.8 Å². The molecule has 1 fully saturated rings. The van der Waals surface area contributed by atoms with Crippen LogP contribution in [0, 0.1) is 0 Å². The SMILES string of the molecule is CN(C)CCCOc1ccc(COC2(CC(=O)O)C=NC=C(N3CCNCC3)N2)cc1. The number of aliphatic imine (C=N–C) groups is 1. The zero-order chi connectivity index (χ0) is 22.1. The smallest absolute Gasteiger partial charge is 0.308 e. The molecule has 0 spiro atoms. The fourth-order valence-corrected chi connectivity index (χ4v) is 3.48. The molecule has 2 heterocycles. The van der Waals surface area contributed by atoms with Crippen LogP contribution in [0.1, 0.15) is 18.4 Å². The summed E-state index contributed by atoms with van der Waals surface area (Å²) in [5, 5.41) is 16.0. The first-order chi connectivity index (χ1) is 15.0. The number of aliphatic carboxylic acids is 1. The van der Waals surface area contributed by atoms with Crippen molar-refractivity contribution in [2.24, 2.45) is 4.99 Å². The number of piperazine rings is 1. The minimum absolute atomic E-state index is 0.229. The van der Waals surface area contributed by atoms with Gasteiger partial charge in [0.05, 0.1) is 32.0 Å². The molecule has 9 nitrogen and oxygen atoms in total. The Hall–Kier alpha value is -2.62. The normalized spacial score (nSPS) is 21.0. The van der Waals surface area contributed by atoms with Crippen LogP contribution in [0.25, 0.3) is 0 Å². The Labute approximate surface area is 183 Å². The molecule has 0 amide bonds. The molecule has 2 aliphatic rings. The summed E-state index contributed by atoms with van der Waals surface area (Å²) in [6.07, 6.45) is 3.99. The molecule has 2 aliphatic heterocycles. The van der Waals surface area contributed by atoms with Crippen molar-refractivity contribution in [1.29, 1.82) is 0 Å². The number of hydrogen-bond donors (Lipinski definition) is 3. The lowest BCUT2D eigenvalue weighted by atomic mass is 10.1. The van der Waals surface area contributed by atoms with Gasteiger partial charge in [0.25, 0.3) is 0 Å². The molecule has 0 aliphatic carbocycles. The molecule has 0 bridgehead atoms. The third kappa shape index (κ3) is 7.23. The molecule has 9 heteroatoms. The fourth-order valence-electron chi connectivity index (χ4n) is 3.48. The van der Waals surface area contributed by atoms with Crippen molar-refractivity contribution in [2.75, 3.05) is 53.4 Å². The lowest BCUT2D eigenvalue weighted by Gasteiger charge is -2.39. The second-order valence-electron chi connectivity index (χ2n) is 8.05. The highest BCUT2D eigenvalue weighted by molar-refractivity contribution is 5.79. The third-order valence-corrected chi connectivity index (χ3v) is 5.13. The van der Waals surface area contributed by atoms with Crippen LogP contribution in [0.5, 0.6) is 5.75 Å². The Balaban J connectivity index is 1.57. The average Bonchev–Trinajstić information content (AvgIpc) is 2.76. The van der Waals surface area contributed by atoms with Crippen LogP contribution in [0.4, 0.5) is 0 Å². The van der Waals surface area contributed by atoms with Crippen LogP contribution >= 0.6 is 0 Å². The van der Waals surface area contributed by atoms with Gasteiger partial charge >= 0.3 is 5.97 Å². The van der Waals surface area contributed by atoms with Crippen LogP contribution in [0.3, 0.4) is 0 Å². The highest BCUT2D eigenvalue weighted by Gasteiger charge is 2.36. The maximum atomic E-state index is 11.5. The number of benzene rings is 1. The van der Waals surface area contributed by atoms with Crippen LogP contribution in [0.15, 0.2) is 41.3 Å². The number of nitrogens with one attached hydrogen (secondary N) is 2. The predicted molar refractivity (Wildman–Crippen MR) is 119 cm³/mol. The van der Waals surface area contributed by atoms with Gasteiger partial charge in [-0.1, -0.05) is 12.1 Å². The van der Waals surface area contributed by atoms with E-state index in [1.807, 2.05) is 38.4 Å². The van der Waals surface area contributed by atoms with Crippen LogP contribution in [-0.2, 0) is 16.1 Å². The molecule has 1 saturated heterocycles. The standard InChI is InChI=1S/C22H33N5O4/c1-26(2)10-3-13-30-19-6-4-18(5-7-19)16-31-22(14-21(28)29)17-24-15-20(25-22)27-11-8-23-9-12-27/h4-7,15,17,23,25H,3,8-14,16H2,1-2H3,(H,28,29). The summed E-state index contributed by atoms with van der Waals surface area (Å²) in [6, 6.07) is 7.69. The summed E-state index contributed by atoms with van der Waals surface area (Å²) in [6.45, 7) is 5.30. The van der Waals surface area contributed by atoms with E-state index in [0.29, 0.717) is 6.61 Å². The lowest BCUT2D eigenvalue weighted by Crippen LogP contribution is -2.56. The topological polar surface area (TPSA) is 98.7 Å². The van der Waals surface area contributed by atoms with E-state index in [4.69, 9.17) is 9.47 Å². The molecule has 170 valence electrons. The van der Waals surface area contributed by atoms with Gasteiger partial charge in [-0.2, -0.15) is 0 Å². The maximum absolute atomic E-state index is 11.5. The molecule has 1 aromatic rings. The molecule has 0 saturated carbocycles. The average molecular weight is 432 g/mol. The zero-order valence-electron chi connectivity index (χ0n) is 18.3. The van der Waals surface area contributed by atoms with Gasteiger partial charge in [-0.25, -0.2) is 0 Å². The Bertz CT molecular complexity index is 775. The largest absolute Gasteiger partial charge is 0.494 e. The van der Waals surface area contributed by atoms with Gasteiger partial charge in [-0.15, -0.1) is 0 Å². The van der Waals surface area contributed by atoms with Crippen LogP contribution in [-0.4, -0.2) is 86.2 Å². The zero-order valence-corrected chi connectivity index (χ0v) is 18.3. The first kappa shape index (κ1) is 23.1. The number of ether oxygens (including phenoxy) is 2. The van der Waals surface area contributed by atoms with Gasteiger partial charge in [0.2, 0.25) is 0 Å². The summed E-state index contributed by atoms with van der Waals surface area (Å²) in [5.41, 5.74) is -0.263. The summed E-state index contributed by atoms with van der Waals surface area (Å²) >= 11 is 0. The molecule has 0 radical (unpaired) electrons. The monoisotopic (exact) mass is 431 g/mol. The molecule has 1 unspecified atom stereocenters. The molecular weight excluding hydrogens is 398 g/mol. The number of hydrogen-bond acceptors (Lipinski definition) is 8. The molecular formula is C22H33N5O4. The number of nitrogens with zero attached hydrogens (tertiary/aromatic N) is 3. The highest BCUT2D eigenvalue weighted by Crippen LogP contribution is 2.22. The van der Waals surface area contributed by atoms with Gasteiger partial charge in [0.15, 0.2) is 5.72 Å². The minimum atomic E-state index is -1.19. The van der Waals surface area contributed by atoms with Crippen molar-refractivity contribution in [2.45, 2.75) is 25.2 Å². The van der Waals surface area contributed by atoms with Gasteiger partial charge in [0.1, 0.15) is 11.6 Å². The van der Waals surface area contributed by atoms with Crippen molar-refractivity contribution >= 4 is 12.2 Å². The van der Waals surface area contributed by atoms with Gasteiger partial charge in [-0.05, 0) is 38.2 Å². The van der Waals surface area contributed by atoms with E-state index < -0.39 is 11.7 Å². The Morgan fingerprint density at radius 1 is 1.26 bits per heavy atom. The van der Waals surface area contributed by atoms with Crippen molar-refractivity contribution in [3.8, 4) is 5.75 Å². The van der Waals surface area contributed by atoms with Crippen LogP contribution < -0.4 is 15.4 Å². The van der Waals surface area contributed by atoms with Crippen molar-refractivity contribution in [1.82, 2.24) is 20.4 Å². The molecule has 0 aromatic heterocycles. The molecule has 3 rings (SSSR count). The minimum Gasteiger partial charge on any atom is -0.494 e. The first-order valence-electron chi connectivity index (χ1n) is 10.7. The van der Waals surface area contributed by atoms with Crippen molar-refractivity contribution < 1.29 is 19.4 Å². The molecule has 1 atom stereocenters. The van der Waals surface area contributed by atoms with E-state index >= 15 is 0 Å². The number of carbonyl (C=O) groups is 1. The van der Waals surface area contributed by atoms with E-state index in [2.05, 4.69) is 25.4 Å². The summed E-state index contributed by atoms with van der Waals surface area (Å²) in [7, 11) is 4.08. The van der Waals surface area contributed by atoms with Gasteiger partial charge in [0, 0.05) is 32.7 Å². The Morgan fingerprint density at radius 2 is 2.00 bits per heavy atom. The second kappa shape index (κ2) is 11.1. The third-order valence-electron chi connectivity index (χ3n) is 5.13. The fraction of sp³-hybridized carbons (Fsp3) is 0.545. The van der Waals surface area contributed by atoms with E-state index in [-0.39, 0.29) is 13.0 Å². The van der Waals surface area contributed by atoms with Crippen LogP contribution in [0.2, 0.25) is 0 Å². The van der Waals surface area contributed by atoms with Gasteiger partial charge < -0.3 is 35.0 Å². The Morgan fingerprint density at radius 3 is 2.68 bits per heavy atom.